The molecule has 0 saturated carbocycles. The van der Waals surface area contributed by atoms with Crippen molar-refractivity contribution in [3.8, 4) is 0 Å². The van der Waals surface area contributed by atoms with Gasteiger partial charge >= 0.3 is 0 Å². The number of nitrogens with two attached hydrogens (primary N) is 1. The van der Waals surface area contributed by atoms with Crippen LogP contribution in [0.3, 0.4) is 0 Å². The zero-order chi connectivity index (χ0) is 11.1. The van der Waals surface area contributed by atoms with Crippen LogP contribution >= 0.6 is 0 Å². The predicted molar refractivity (Wildman–Crippen MR) is 64.0 cm³/mol. The molecule has 3 heteroatoms. The maximum atomic E-state index is 5.64. The predicted octanol–water partition coefficient (Wildman–Crippen LogP) is 1.61. The lowest BCUT2D eigenvalue weighted by molar-refractivity contribution is -0.0372. The molecule has 0 aromatic heterocycles. The Balaban J connectivity index is 2.22. The highest BCUT2D eigenvalue weighted by molar-refractivity contribution is 4.76. The highest BCUT2D eigenvalue weighted by atomic mass is 16.5. The number of hydrogen-bond acceptors (Lipinski definition) is 3. The third-order valence-corrected chi connectivity index (χ3v) is 3.28. The topological polar surface area (TPSA) is 38.5 Å². The summed E-state index contributed by atoms with van der Waals surface area (Å²) in [4.78, 5) is 2.52. The van der Waals surface area contributed by atoms with E-state index in [2.05, 4.69) is 18.7 Å². The fourth-order valence-electron chi connectivity index (χ4n) is 2.16. The summed E-state index contributed by atoms with van der Waals surface area (Å²) in [7, 11) is 0. The van der Waals surface area contributed by atoms with Crippen molar-refractivity contribution in [1.82, 2.24) is 4.90 Å². The molecule has 0 aromatic carbocycles. The van der Waals surface area contributed by atoms with Gasteiger partial charge in [-0.05, 0) is 13.3 Å². The molecule has 0 aliphatic carbocycles. The lowest BCUT2D eigenvalue weighted by Gasteiger charge is -2.36. The van der Waals surface area contributed by atoms with E-state index in [0.717, 1.165) is 19.7 Å². The van der Waals surface area contributed by atoms with Crippen LogP contribution in [0.1, 0.15) is 39.5 Å². The van der Waals surface area contributed by atoms with Crippen molar-refractivity contribution >= 4 is 0 Å². The smallest absolute Gasteiger partial charge is 0.0824 e. The number of hydrogen-bond donors (Lipinski definition) is 1. The molecule has 0 amide bonds. The minimum absolute atomic E-state index is 0.257. The Morgan fingerprint density at radius 2 is 2.27 bits per heavy atom. The van der Waals surface area contributed by atoms with E-state index in [0.29, 0.717) is 12.6 Å². The van der Waals surface area contributed by atoms with Gasteiger partial charge in [0.15, 0.2) is 0 Å². The van der Waals surface area contributed by atoms with E-state index in [4.69, 9.17) is 10.5 Å². The standard InChI is InChI=1S/C12H26N2O/c1-3-4-5-6-11(2)14-7-8-15-12(9-13)10-14/h11-12H,3-10,13H2,1-2H3. The molecule has 1 aliphatic heterocycles. The zero-order valence-electron chi connectivity index (χ0n) is 10.2. The lowest BCUT2D eigenvalue weighted by atomic mass is 10.1. The Labute approximate surface area is 94.0 Å². The summed E-state index contributed by atoms with van der Waals surface area (Å²) < 4.78 is 5.57. The molecule has 1 saturated heterocycles. The Kier molecular flexibility index (Phi) is 6.22. The Hall–Kier alpha value is -0.120. The number of nitrogens with zero attached hydrogens (tertiary/aromatic N) is 1. The van der Waals surface area contributed by atoms with Crippen LogP contribution in [0.5, 0.6) is 0 Å². The number of rotatable bonds is 6. The van der Waals surface area contributed by atoms with E-state index in [9.17, 15) is 0 Å². The van der Waals surface area contributed by atoms with Gasteiger partial charge in [-0.2, -0.15) is 0 Å². The van der Waals surface area contributed by atoms with Crippen LogP contribution in [0.4, 0.5) is 0 Å². The second-order valence-electron chi connectivity index (χ2n) is 4.57. The first-order valence-electron chi connectivity index (χ1n) is 6.33. The molecule has 0 bridgehead atoms. The molecule has 1 heterocycles. The average Bonchev–Trinajstić information content (AvgIpc) is 2.29. The zero-order valence-corrected chi connectivity index (χ0v) is 10.2. The van der Waals surface area contributed by atoms with E-state index in [1.807, 2.05) is 0 Å². The van der Waals surface area contributed by atoms with Crippen molar-refractivity contribution in [3.05, 3.63) is 0 Å². The van der Waals surface area contributed by atoms with Crippen molar-refractivity contribution in [3.63, 3.8) is 0 Å². The summed E-state index contributed by atoms with van der Waals surface area (Å²) >= 11 is 0. The van der Waals surface area contributed by atoms with Crippen LogP contribution < -0.4 is 5.73 Å². The first kappa shape index (κ1) is 12.9. The summed E-state index contributed by atoms with van der Waals surface area (Å²) in [5.74, 6) is 0. The van der Waals surface area contributed by atoms with Crippen LogP contribution in [0.25, 0.3) is 0 Å². The minimum Gasteiger partial charge on any atom is -0.374 e. The second-order valence-corrected chi connectivity index (χ2v) is 4.57. The molecule has 1 fully saturated rings. The highest BCUT2D eigenvalue weighted by Gasteiger charge is 2.22. The van der Waals surface area contributed by atoms with Gasteiger partial charge < -0.3 is 10.5 Å². The van der Waals surface area contributed by atoms with Crippen molar-refractivity contribution in [2.24, 2.45) is 5.73 Å². The fraction of sp³-hybridized carbons (Fsp3) is 1.00. The summed E-state index contributed by atoms with van der Waals surface area (Å²) in [6.45, 7) is 8.17. The normalized spacial score (nSPS) is 25.4. The molecule has 1 rings (SSSR count). The second kappa shape index (κ2) is 7.20. The van der Waals surface area contributed by atoms with Crippen LogP contribution in [-0.2, 0) is 4.74 Å². The van der Waals surface area contributed by atoms with E-state index >= 15 is 0 Å². The van der Waals surface area contributed by atoms with Gasteiger partial charge in [0.25, 0.3) is 0 Å². The molecular weight excluding hydrogens is 188 g/mol. The largest absolute Gasteiger partial charge is 0.374 e. The summed E-state index contributed by atoms with van der Waals surface area (Å²) in [5, 5.41) is 0. The lowest BCUT2D eigenvalue weighted by Crippen LogP contribution is -2.49. The van der Waals surface area contributed by atoms with Crippen LogP contribution in [0.2, 0.25) is 0 Å². The van der Waals surface area contributed by atoms with Crippen molar-refractivity contribution in [1.29, 1.82) is 0 Å². The fourth-order valence-corrected chi connectivity index (χ4v) is 2.16. The molecule has 0 radical (unpaired) electrons. The molecule has 0 spiro atoms. The molecule has 2 atom stereocenters. The van der Waals surface area contributed by atoms with Gasteiger partial charge in [-0.25, -0.2) is 0 Å². The highest BCUT2D eigenvalue weighted by Crippen LogP contribution is 2.13. The van der Waals surface area contributed by atoms with Crippen molar-refractivity contribution < 1.29 is 4.74 Å². The Morgan fingerprint density at radius 1 is 1.47 bits per heavy atom. The number of morpholine rings is 1. The van der Waals surface area contributed by atoms with Crippen molar-refractivity contribution in [2.45, 2.75) is 51.7 Å². The molecule has 2 unspecified atom stereocenters. The summed E-state index contributed by atoms with van der Waals surface area (Å²) in [5.41, 5.74) is 5.64. The van der Waals surface area contributed by atoms with Crippen LogP contribution in [0, 0.1) is 0 Å². The Bertz CT molecular complexity index is 164. The monoisotopic (exact) mass is 214 g/mol. The SMILES string of the molecule is CCCCCC(C)N1CCOC(CN)C1. The number of ether oxygens (including phenoxy) is 1. The van der Waals surface area contributed by atoms with Gasteiger partial charge in [-0.1, -0.05) is 26.2 Å². The maximum Gasteiger partial charge on any atom is 0.0824 e. The van der Waals surface area contributed by atoms with Gasteiger partial charge in [-0.15, -0.1) is 0 Å². The average molecular weight is 214 g/mol. The van der Waals surface area contributed by atoms with E-state index < -0.39 is 0 Å². The molecule has 3 nitrogen and oxygen atoms in total. The Morgan fingerprint density at radius 3 is 2.93 bits per heavy atom. The molecule has 1 aliphatic rings. The summed E-state index contributed by atoms with van der Waals surface area (Å²) in [6, 6.07) is 0.689. The quantitative estimate of drug-likeness (QED) is 0.683. The maximum absolute atomic E-state index is 5.64. The summed E-state index contributed by atoms with van der Waals surface area (Å²) in [6.07, 6.45) is 5.58. The van der Waals surface area contributed by atoms with Gasteiger partial charge in [0, 0.05) is 25.7 Å². The minimum atomic E-state index is 0.257. The van der Waals surface area contributed by atoms with Crippen LogP contribution in [0.15, 0.2) is 0 Å². The van der Waals surface area contributed by atoms with Crippen LogP contribution in [-0.4, -0.2) is 43.3 Å². The molecule has 15 heavy (non-hydrogen) atoms. The third-order valence-electron chi connectivity index (χ3n) is 3.28. The molecular formula is C12H26N2O. The third kappa shape index (κ3) is 4.49. The van der Waals surface area contributed by atoms with Gasteiger partial charge in [0.1, 0.15) is 0 Å². The number of unbranched alkanes of at least 4 members (excludes halogenated alkanes) is 2. The van der Waals surface area contributed by atoms with E-state index in [1.165, 1.54) is 25.7 Å². The molecule has 2 N–H and O–H groups in total. The van der Waals surface area contributed by atoms with Gasteiger partial charge in [0.2, 0.25) is 0 Å². The first-order chi connectivity index (χ1) is 7.27. The van der Waals surface area contributed by atoms with Gasteiger partial charge in [0.05, 0.1) is 12.7 Å². The molecule has 0 aromatic rings. The first-order valence-corrected chi connectivity index (χ1v) is 6.33. The van der Waals surface area contributed by atoms with Crippen molar-refractivity contribution in [2.75, 3.05) is 26.2 Å². The van der Waals surface area contributed by atoms with Gasteiger partial charge in [-0.3, -0.25) is 4.90 Å². The van der Waals surface area contributed by atoms with E-state index in [-0.39, 0.29) is 6.10 Å². The van der Waals surface area contributed by atoms with E-state index in [1.54, 1.807) is 0 Å². The molecule has 90 valence electrons.